The van der Waals surface area contributed by atoms with Crippen LogP contribution in [0.1, 0.15) is 24.7 Å². The molecule has 0 atom stereocenters. The van der Waals surface area contributed by atoms with Gasteiger partial charge in [0.1, 0.15) is 5.82 Å². The maximum Gasteiger partial charge on any atom is 0.191 e. The fraction of sp³-hybridized carbons (Fsp3) is 0.400. The van der Waals surface area contributed by atoms with Gasteiger partial charge in [0.2, 0.25) is 0 Å². The van der Waals surface area contributed by atoms with Crippen molar-refractivity contribution >= 4 is 27.3 Å². The molecule has 80 valence electrons. The van der Waals surface area contributed by atoms with Crippen molar-refractivity contribution in [3.8, 4) is 10.7 Å². The number of halogens is 1. The van der Waals surface area contributed by atoms with E-state index in [2.05, 4.69) is 51.0 Å². The number of hydrogen-bond donors (Lipinski definition) is 1. The molecule has 2 rings (SSSR count). The molecular formula is C10H12BrN3S. The van der Waals surface area contributed by atoms with Crippen LogP contribution in [0.4, 0.5) is 0 Å². The number of nitrogens with one attached hydrogen (secondary N) is 1. The normalized spacial score (nSPS) is 10.9. The largest absolute Gasteiger partial charge is 0.263 e. The van der Waals surface area contributed by atoms with E-state index in [1.54, 1.807) is 11.3 Å². The highest BCUT2D eigenvalue weighted by Crippen LogP contribution is 2.32. The van der Waals surface area contributed by atoms with Crippen molar-refractivity contribution in [2.24, 2.45) is 0 Å². The van der Waals surface area contributed by atoms with Gasteiger partial charge in [0.05, 0.1) is 8.66 Å². The maximum atomic E-state index is 4.45. The van der Waals surface area contributed by atoms with Gasteiger partial charge in [-0.25, -0.2) is 4.98 Å². The summed E-state index contributed by atoms with van der Waals surface area (Å²) in [7, 11) is 0. The Morgan fingerprint density at radius 1 is 1.53 bits per heavy atom. The molecule has 0 amide bonds. The van der Waals surface area contributed by atoms with Crippen molar-refractivity contribution in [3.63, 3.8) is 0 Å². The van der Waals surface area contributed by atoms with Crippen LogP contribution in [0.2, 0.25) is 0 Å². The first-order chi connectivity index (χ1) is 7.20. The summed E-state index contributed by atoms with van der Waals surface area (Å²) in [4.78, 5) is 5.56. The lowest BCUT2D eigenvalue weighted by Gasteiger charge is -1.86. The van der Waals surface area contributed by atoms with Crippen LogP contribution < -0.4 is 0 Å². The molecule has 0 saturated heterocycles. The number of hydrogen-bond acceptors (Lipinski definition) is 3. The number of aryl methyl sites for hydroxylation is 2. The molecular weight excluding hydrogens is 274 g/mol. The van der Waals surface area contributed by atoms with Gasteiger partial charge in [0, 0.05) is 6.42 Å². The summed E-state index contributed by atoms with van der Waals surface area (Å²) < 4.78 is 1.15. The SMILES string of the molecule is CCCc1nc(-c2cc(C)c(Br)s2)n[nH]1. The van der Waals surface area contributed by atoms with Crippen LogP contribution >= 0.6 is 27.3 Å². The zero-order chi connectivity index (χ0) is 10.8. The standard InChI is InChI=1S/C10H12BrN3S/c1-3-4-8-12-10(14-13-8)7-5-6(2)9(11)15-7/h5H,3-4H2,1-2H3,(H,12,13,14). The van der Waals surface area contributed by atoms with E-state index in [0.29, 0.717) is 0 Å². The Hall–Kier alpha value is -0.680. The van der Waals surface area contributed by atoms with E-state index in [9.17, 15) is 0 Å². The van der Waals surface area contributed by atoms with Crippen molar-refractivity contribution in [2.45, 2.75) is 26.7 Å². The summed E-state index contributed by atoms with van der Waals surface area (Å²) in [6.07, 6.45) is 2.04. The van der Waals surface area contributed by atoms with Crippen molar-refractivity contribution in [3.05, 3.63) is 21.2 Å². The Morgan fingerprint density at radius 3 is 2.93 bits per heavy atom. The van der Waals surface area contributed by atoms with E-state index in [-0.39, 0.29) is 0 Å². The van der Waals surface area contributed by atoms with E-state index in [1.165, 1.54) is 5.56 Å². The highest BCUT2D eigenvalue weighted by molar-refractivity contribution is 9.11. The fourth-order valence-electron chi connectivity index (χ4n) is 1.32. The lowest BCUT2D eigenvalue weighted by atomic mass is 10.3. The molecule has 1 N–H and O–H groups in total. The van der Waals surface area contributed by atoms with Crippen molar-refractivity contribution in [1.82, 2.24) is 15.2 Å². The summed E-state index contributed by atoms with van der Waals surface area (Å²) in [6, 6.07) is 2.10. The quantitative estimate of drug-likeness (QED) is 0.937. The topological polar surface area (TPSA) is 41.6 Å². The smallest absolute Gasteiger partial charge is 0.191 e. The summed E-state index contributed by atoms with van der Waals surface area (Å²) in [5.74, 6) is 1.77. The van der Waals surface area contributed by atoms with E-state index < -0.39 is 0 Å². The minimum atomic E-state index is 0.803. The minimum Gasteiger partial charge on any atom is -0.263 e. The monoisotopic (exact) mass is 285 g/mol. The molecule has 15 heavy (non-hydrogen) atoms. The Labute approximate surface area is 101 Å². The van der Waals surface area contributed by atoms with E-state index in [1.807, 2.05) is 0 Å². The second kappa shape index (κ2) is 4.45. The van der Waals surface area contributed by atoms with E-state index >= 15 is 0 Å². The van der Waals surface area contributed by atoms with Gasteiger partial charge in [0.15, 0.2) is 5.82 Å². The summed E-state index contributed by atoms with van der Waals surface area (Å²) in [5, 5.41) is 7.18. The third kappa shape index (κ3) is 2.29. The molecule has 0 aliphatic rings. The molecule has 5 heteroatoms. The Morgan fingerprint density at radius 2 is 2.33 bits per heavy atom. The number of aromatic amines is 1. The zero-order valence-electron chi connectivity index (χ0n) is 8.67. The summed E-state index contributed by atoms with van der Waals surface area (Å²) >= 11 is 5.17. The van der Waals surface area contributed by atoms with Crippen LogP contribution in [0.3, 0.4) is 0 Å². The lowest BCUT2D eigenvalue weighted by molar-refractivity contribution is 0.841. The maximum absolute atomic E-state index is 4.45. The molecule has 2 aromatic rings. The first-order valence-electron chi connectivity index (χ1n) is 4.88. The van der Waals surface area contributed by atoms with Gasteiger partial charge in [-0.05, 0) is 40.9 Å². The fourth-order valence-corrected chi connectivity index (χ4v) is 2.79. The summed E-state index contributed by atoms with van der Waals surface area (Å²) in [6.45, 7) is 4.21. The van der Waals surface area contributed by atoms with Gasteiger partial charge in [0.25, 0.3) is 0 Å². The van der Waals surface area contributed by atoms with Crippen LogP contribution in [0.5, 0.6) is 0 Å². The van der Waals surface area contributed by atoms with Crippen LogP contribution in [-0.4, -0.2) is 15.2 Å². The van der Waals surface area contributed by atoms with E-state index in [0.717, 1.165) is 33.2 Å². The van der Waals surface area contributed by atoms with Gasteiger partial charge in [-0.3, -0.25) is 5.10 Å². The van der Waals surface area contributed by atoms with Crippen LogP contribution in [0, 0.1) is 6.92 Å². The molecule has 0 unspecified atom stereocenters. The van der Waals surface area contributed by atoms with Gasteiger partial charge >= 0.3 is 0 Å². The molecule has 0 aliphatic carbocycles. The molecule has 2 aromatic heterocycles. The minimum absolute atomic E-state index is 0.803. The highest BCUT2D eigenvalue weighted by Gasteiger charge is 2.09. The third-order valence-corrected chi connectivity index (χ3v) is 4.23. The van der Waals surface area contributed by atoms with Crippen molar-refractivity contribution in [1.29, 1.82) is 0 Å². The Kier molecular flexibility index (Phi) is 3.21. The summed E-state index contributed by atoms with van der Waals surface area (Å²) in [5.41, 5.74) is 1.23. The number of thiophene rings is 1. The molecule has 0 aromatic carbocycles. The third-order valence-electron chi connectivity index (χ3n) is 2.10. The Bertz CT molecular complexity index is 441. The highest BCUT2D eigenvalue weighted by atomic mass is 79.9. The predicted molar refractivity (Wildman–Crippen MR) is 66.1 cm³/mol. The van der Waals surface area contributed by atoms with Gasteiger partial charge in [-0.2, -0.15) is 5.10 Å². The van der Waals surface area contributed by atoms with Gasteiger partial charge in [-0.15, -0.1) is 11.3 Å². The number of rotatable bonds is 3. The zero-order valence-corrected chi connectivity index (χ0v) is 11.1. The molecule has 2 heterocycles. The van der Waals surface area contributed by atoms with Crippen molar-refractivity contribution < 1.29 is 0 Å². The number of H-pyrrole nitrogens is 1. The first kappa shape index (κ1) is 10.8. The first-order valence-corrected chi connectivity index (χ1v) is 6.49. The Balaban J connectivity index is 2.28. The van der Waals surface area contributed by atoms with E-state index in [4.69, 9.17) is 0 Å². The molecule has 0 radical (unpaired) electrons. The number of aromatic nitrogens is 3. The molecule has 0 aliphatic heterocycles. The van der Waals surface area contributed by atoms with Crippen LogP contribution in [0.25, 0.3) is 10.7 Å². The average molecular weight is 286 g/mol. The lowest BCUT2D eigenvalue weighted by Crippen LogP contribution is -1.84. The molecule has 0 spiro atoms. The molecule has 0 saturated carbocycles. The van der Waals surface area contributed by atoms with Crippen LogP contribution in [0.15, 0.2) is 9.85 Å². The second-order valence-corrected chi connectivity index (χ2v) is 5.79. The predicted octanol–water partition coefficient (Wildman–Crippen LogP) is 3.56. The van der Waals surface area contributed by atoms with Gasteiger partial charge < -0.3 is 0 Å². The van der Waals surface area contributed by atoms with Crippen LogP contribution in [-0.2, 0) is 6.42 Å². The second-order valence-electron chi connectivity index (χ2n) is 3.42. The number of nitrogens with zero attached hydrogens (tertiary/aromatic N) is 2. The molecule has 0 bridgehead atoms. The molecule has 0 fully saturated rings. The van der Waals surface area contributed by atoms with Crippen molar-refractivity contribution in [2.75, 3.05) is 0 Å². The molecule has 3 nitrogen and oxygen atoms in total. The van der Waals surface area contributed by atoms with Gasteiger partial charge in [-0.1, -0.05) is 6.92 Å². The average Bonchev–Trinajstić information content (AvgIpc) is 2.76.